The fourth-order valence-electron chi connectivity index (χ4n) is 2.51. The molecule has 0 aliphatic carbocycles. The van der Waals surface area contributed by atoms with E-state index in [2.05, 4.69) is 0 Å². The van der Waals surface area contributed by atoms with E-state index in [0.29, 0.717) is 19.5 Å². The van der Waals surface area contributed by atoms with Gasteiger partial charge in [0.2, 0.25) is 0 Å². The maximum atomic E-state index is 11.6. The number of aliphatic carboxylic acids is 1. The largest absolute Gasteiger partial charge is 0.481 e. The summed E-state index contributed by atoms with van der Waals surface area (Å²) in [5, 5.41) is 9.25. The highest BCUT2D eigenvalue weighted by Gasteiger charge is 2.29. The molecule has 0 amide bonds. The van der Waals surface area contributed by atoms with Crippen LogP contribution in [0.1, 0.15) is 24.8 Å². The first kappa shape index (κ1) is 14.8. The summed E-state index contributed by atoms with van der Waals surface area (Å²) in [6.07, 6.45) is 0.512. The number of nitrogens with zero attached hydrogens (tertiary/aromatic N) is 1. The minimum absolute atomic E-state index is 0.107. The topological polar surface area (TPSA) is 74.7 Å². The second-order valence-electron chi connectivity index (χ2n) is 4.96. The highest BCUT2D eigenvalue weighted by molar-refractivity contribution is 7.91. The van der Waals surface area contributed by atoms with E-state index >= 15 is 0 Å². The summed E-state index contributed by atoms with van der Waals surface area (Å²) in [6, 6.07) is 7.35. The number of para-hydroxylation sites is 1. The van der Waals surface area contributed by atoms with Crippen LogP contribution in [0.5, 0.6) is 0 Å². The Morgan fingerprint density at radius 1 is 1.40 bits per heavy atom. The second kappa shape index (κ2) is 5.83. The van der Waals surface area contributed by atoms with Crippen LogP contribution in [0, 0.1) is 0 Å². The molecule has 0 saturated carbocycles. The number of carboxylic acid groups (broad SMARTS) is 1. The molecular weight excluding hydrogens is 278 g/mol. The molecule has 2 rings (SSSR count). The fraction of sp³-hybridized carbons (Fsp3) is 0.500. The molecule has 1 N–H and O–H groups in total. The van der Waals surface area contributed by atoms with Crippen LogP contribution in [0.4, 0.5) is 5.69 Å². The number of fused-ring (bicyclic) bond motifs is 1. The minimum Gasteiger partial charge on any atom is -0.481 e. The number of carbonyl (C=O) groups is 1. The van der Waals surface area contributed by atoms with Gasteiger partial charge in [0.25, 0.3) is 0 Å². The first-order valence-corrected chi connectivity index (χ1v) is 8.54. The van der Waals surface area contributed by atoms with E-state index in [1.165, 1.54) is 0 Å². The van der Waals surface area contributed by atoms with Gasteiger partial charge in [-0.2, -0.15) is 0 Å². The summed E-state index contributed by atoms with van der Waals surface area (Å²) in [6.45, 7) is 2.63. The van der Waals surface area contributed by atoms with Gasteiger partial charge < -0.3 is 10.0 Å². The number of sulfone groups is 1. The van der Waals surface area contributed by atoms with Gasteiger partial charge in [-0.3, -0.25) is 4.79 Å². The highest BCUT2D eigenvalue weighted by atomic mass is 32.2. The molecule has 1 aliphatic heterocycles. The van der Waals surface area contributed by atoms with E-state index in [4.69, 9.17) is 0 Å². The molecule has 0 saturated heterocycles. The number of benzene rings is 1. The van der Waals surface area contributed by atoms with Crippen molar-refractivity contribution in [2.45, 2.75) is 19.3 Å². The van der Waals surface area contributed by atoms with E-state index in [9.17, 15) is 18.3 Å². The summed E-state index contributed by atoms with van der Waals surface area (Å²) in [4.78, 5) is 13.2. The van der Waals surface area contributed by atoms with Crippen LogP contribution in [0.3, 0.4) is 0 Å². The Labute approximate surface area is 119 Å². The lowest BCUT2D eigenvalue weighted by molar-refractivity contribution is -0.139. The first-order chi connectivity index (χ1) is 9.44. The summed E-state index contributed by atoms with van der Waals surface area (Å²) in [7, 11) is -3.01. The lowest BCUT2D eigenvalue weighted by atomic mass is 9.90. The van der Waals surface area contributed by atoms with Gasteiger partial charge in [-0.15, -0.1) is 0 Å². The zero-order valence-corrected chi connectivity index (χ0v) is 12.3. The zero-order chi connectivity index (χ0) is 14.8. The summed E-state index contributed by atoms with van der Waals surface area (Å²) >= 11 is 0. The van der Waals surface area contributed by atoms with Crippen molar-refractivity contribution in [1.29, 1.82) is 0 Å². The maximum Gasteiger partial charge on any atom is 0.311 e. The number of rotatable bonds is 5. The Balaban J connectivity index is 2.21. The van der Waals surface area contributed by atoms with Crippen molar-refractivity contribution in [3.05, 3.63) is 29.8 Å². The van der Waals surface area contributed by atoms with Crippen molar-refractivity contribution in [1.82, 2.24) is 0 Å². The van der Waals surface area contributed by atoms with Crippen molar-refractivity contribution >= 4 is 21.5 Å². The lowest BCUT2D eigenvalue weighted by Crippen LogP contribution is -2.36. The number of carboxylic acids is 1. The SMILES string of the molecule is CCS(=O)(=O)CCN1CCC(C(=O)O)c2ccccc21. The van der Waals surface area contributed by atoms with Crippen LogP contribution >= 0.6 is 0 Å². The Morgan fingerprint density at radius 2 is 2.10 bits per heavy atom. The Kier molecular flexibility index (Phi) is 4.32. The van der Waals surface area contributed by atoms with Crippen molar-refractivity contribution < 1.29 is 18.3 Å². The molecule has 0 aromatic heterocycles. The van der Waals surface area contributed by atoms with E-state index < -0.39 is 21.7 Å². The molecule has 20 heavy (non-hydrogen) atoms. The summed E-state index contributed by atoms with van der Waals surface area (Å²) < 4.78 is 23.2. The molecule has 1 unspecified atom stereocenters. The van der Waals surface area contributed by atoms with E-state index in [-0.39, 0.29) is 11.5 Å². The molecule has 1 aliphatic rings. The maximum absolute atomic E-state index is 11.6. The summed E-state index contributed by atoms with van der Waals surface area (Å²) in [5.41, 5.74) is 1.62. The first-order valence-electron chi connectivity index (χ1n) is 6.71. The van der Waals surface area contributed by atoms with Gasteiger partial charge in [-0.05, 0) is 18.1 Å². The minimum atomic E-state index is -3.01. The molecule has 0 fully saturated rings. The standard InChI is InChI=1S/C14H19NO4S/c1-2-20(18,19)10-9-15-8-7-12(14(16)17)11-5-3-4-6-13(11)15/h3-6,12H,2,7-10H2,1H3,(H,16,17). The van der Waals surface area contributed by atoms with Crippen LogP contribution in [-0.4, -0.2) is 44.1 Å². The zero-order valence-electron chi connectivity index (χ0n) is 11.4. The van der Waals surface area contributed by atoms with E-state index in [1.807, 2.05) is 29.2 Å². The third-order valence-corrected chi connectivity index (χ3v) is 5.43. The van der Waals surface area contributed by atoms with Gasteiger partial charge in [-0.1, -0.05) is 25.1 Å². The number of hydrogen-bond acceptors (Lipinski definition) is 4. The Hall–Kier alpha value is -1.56. The molecule has 5 nitrogen and oxygen atoms in total. The van der Waals surface area contributed by atoms with E-state index in [0.717, 1.165) is 11.3 Å². The van der Waals surface area contributed by atoms with Gasteiger partial charge in [-0.25, -0.2) is 8.42 Å². The molecule has 0 bridgehead atoms. The fourth-order valence-corrected chi connectivity index (χ4v) is 3.30. The predicted molar refractivity (Wildman–Crippen MR) is 78.0 cm³/mol. The smallest absolute Gasteiger partial charge is 0.311 e. The number of hydrogen-bond donors (Lipinski definition) is 1. The molecule has 1 heterocycles. The van der Waals surface area contributed by atoms with Crippen LogP contribution in [0.25, 0.3) is 0 Å². The lowest BCUT2D eigenvalue weighted by Gasteiger charge is -2.34. The van der Waals surface area contributed by atoms with Crippen LogP contribution in [-0.2, 0) is 14.6 Å². The Morgan fingerprint density at radius 3 is 2.75 bits per heavy atom. The van der Waals surface area contributed by atoms with Crippen molar-refractivity contribution in [3.63, 3.8) is 0 Å². The van der Waals surface area contributed by atoms with Crippen LogP contribution in [0.2, 0.25) is 0 Å². The predicted octanol–water partition coefficient (Wildman–Crippen LogP) is 1.50. The third kappa shape index (κ3) is 3.12. The monoisotopic (exact) mass is 297 g/mol. The molecule has 0 radical (unpaired) electrons. The van der Waals surface area contributed by atoms with Gasteiger partial charge >= 0.3 is 5.97 Å². The average molecular weight is 297 g/mol. The average Bonchev–Trinajstić information content (AvgIpc) is 2.44. The Bertz CT molecular complexity index is 597. The molecule has 0 spiro atoms. The van der Waals surface area contributed by atoms with Gasteiger partial charge in [0.15, 0.2) is 9.84 Å². The molecular formula is C14H19NO4S. The number of anilines is 1. The molecule has 1 aromatic carbocycles. The van der Waals surface area contributed by atoms with Gasteiger partial charge in [0.1, 0.15) is 0 Å². The third-order valence-electron chi connectivity index (χ3n) is 3.75. The normalized spacial score (nSPS) is 18.6. The van der Waals surface area contributed by atoms with Crippen LogP contribution in [0.15, 0.2) is 24.3 Å². The summed E-state index contributed by atoms with van der Waals surface area (Å²) in [5.74, 6) is -1.07. The van der Waals surface area contributed by atoms with Crippen molar-refractivity contribution in [2.24, 2.45) is 0 Å². The molecule has 6 heteroatoms. The second-order valence-corrected chi connectivity index (χ2v) is 7.43. The highest BCUT2D eigenvalue weighted by Crippen LogP contribution is 2.35. The van der Waals surface area contributed by atoms with Gasteiger partial charge in [0.05, 0.1) is 11.7 Å². The van der Waals surface area contributed by atoms with Crippen molar-refractivity contribution in [3.8, 4) is 0 Å². The molecule has 1 aromatic rings. The van der Waals surface area contributed by atoms with Crippen molar-refractivity contribution in [2.75, 3.05) is 29.5 Å². The van der Waals surface area contributed by atoms with E-state index in [1.54, 1.807) is 6.92 Å². The molecule has 110 valence electrons. The quantitative estimate of drug-likeness (QED) is 0.891. The van der Waals surface area contributed by atoms with Gasteiger partial charge in [0, 0.05) is 24.5 Å². The van der Waals surface area contributed by atoms with Crippen LogP contribution < -0.4 is 4.90 Å². The molecule has 1 atom stereocenters.